The first kappa shape index (κ1) is 25.3. The third-order valence-corrected chi connectivity index (χ3v) is 5.59. The molecule has 0 bridgehead atoms. The van der Waals surface area contributed by atoms with E-state index < -0.39 is 16.8 Å². The molecule has 0 aromatic heterocycles. The molecule has 12 heteroatoms. The molecule has 0 radical (unpaired) electrons. The Labute approximate surface area is 215 Å². The third kappa shape index (κ3) is 6.86. The minimum absolute atomic E-state index is 0.117. The first-order chi connectivity index (χ1) is 16.2. The van der Waals surface area contributed by atoms with Crippen LogP contribution >= 0.6 is 43.5 Å². The van der Waals surface area contributed by atoms with Crippen LogP contribution in [0.5, 0.6) is 11.5 Å². The standard InChI is InChI=1S/C22H14Br2ClN3O6/c23-14-5-7-19(34-22(30)16-3-1-2-4-18(16)25)13(9-14)11-26-27-21(29)12-33-20-8-6-15(28(31)32)10-17(20)24/h1-11H,12H2,(H,27,29)/b26-11-. The summed E-state index contributed by atoms with van der Waals surface area (Å²) in [5.41, 5.74) is 2.80. The van der Waals surface area contributed by atoms with Crippen LogP contribution in [0.4, 0.5) is 5.69 Å². The number of nitro groups is 1. The molecular weight excluding hydrogens is 598 g/mol. The zero-order chi connectivity index (χ0) is 24.7. The molecule has 3 aromatic carbocycles. The van der Waals surface area contributed by atoms with E-state index >= 15 is 0 Å². The largest absolute Gasteiger partial charge is 0.483 e. The van der Waals surface area contributed by atoms with E-state index in [1.54, 1.807) is 42.5 Å². The fraction of sp³-hybridized carbons (Fsp3) is 0.0455. The molecule has 0 heterocycles. The summed E-state index contributed by atoms with van der Waals surface area (Å²) in [7, 11) is 0. The number of halogens is 3. The van der Waals surface area contributed by atoms with Gasteiger partial charge in [0.2, 0.25) is 0 Å². The number of carbonyl (C=O) groups excluding carboxylic acids is 2. The summed E-state index contributed by atoms with van der Waals surface area (Å²) >= 11 is 12.5. The highest BCUT2D eigenvalue weighted by Gasteiger charge is 2.15. The Bertz CT molecular complexity index is 1290. The lowest BCUT2D eigenvalue weighted by Crippen LogP contribution is -2.24. The van der Waals surface area contributed by atoms with Gasteiger partial charge in [-0.1, -0.05) is 39.7 Å². The van der Waals surface area contributed by atoms with E-state index in [1.165, 1.54) is 24.4 Å². The van der Waals surface area contributed by atoms with Crippen molar-refractivity contribution in [2.75, 3.05) is 6.61 Å². The van der Waals surface area contributed by atoms with Gasteiger partial charge in [-0.3, -0.25) is 14.9 Å². The van der Waals surface area contributed by atoms with E-state index in [0.717, 1.165) is 0 Å². The summed E-state index contributed by atoms with van der Waals surface area (Å²) in [6.07, 6.45) is 1.31. The molecule has 3 aromatic rings. The average Bonchev–Trinajstić information content (AvgIpc) is 2.80. The van der Waals surface area contributed by atoms with Crippen LogP contribution < -0.4 is 14.9 Å². The van der Waals surface area contributed by atoms with Crippen LogP contribution in [0.15, 0.2) is 74.7 Å². The molecule has 0 aliphatic rings. The Morgan fingerprint density at radius 2 is 1.82 bits per heavy atom. The smallest absolute Gasteiger partial charge is 0.345 e. The molecule has 0 unspecified atom stereocenters. The molecule has 174 valence electrons. The van der Waals surface area contributed by atoms with E-state index in [1.807, 2.05) is 0 Å². The predicted molar refractivity (Wildman–Crippen MR) is 133 cm³/mol. The monoisotopic (exact) mass is 609 g/mol. The number of nitrogens with zero attached hydrogens (tertiary/aromatic N) is 2. The normalized spacial score (nSPS) is 10.7. The molecular formula is C22H14Br2ClN3O6. The Balaban J connectivity index is 1.62. The molecule has 0 aliphatic heterocycles. The van der Waals surface area contributed by atoms with Gasteiger partial charge in [0.05, 0.1) is 26.2 Å². The number of hydrogen-bond donors (Lipinski definition) is 1. The highest BCUT2D eigenvalue weighted by atomic mass is 79.9. The summed E-state index contributed by atoms with van der Waals surface area (Å²) in [5.74, 6) is -0.762. The summed E-state index contributed by atoms with van der Waals surface area (Å²) in [6, 6.07) is 15.3. The maximum atomic E-state index is 12.5. The van der Waals surface area contributed by atoms with Crippen molar-refractivity contribution in [2.24, 2.45) is 5.10 Å². The molecule has 0 saturated heterocycles. The number of ether oxygens (including phenoxy) is 2. The second-order valence-corrected chi connectivity index (χ2v) is 8.68. The highest BCUT2D eigenvalue weighted by Crippen LogP contribution is 2.29. The van der Waals surface area contributed by atoms with E-state index in [0.29, 0.717) is 14.5 Å². The molecule has 0 atom stereocenters. The summed E-state index contributed by atoms with van der Waals surface area (Å²) < 4.78 is 11.8. The van der Waals surface area contributed by atoms with Gasteiger partial charge in [-0.15, -0.1) is 0 Å². The van der Waals surface area contributed by atoms with Crippen LogP contribution in [0.2, 0.25) is 5.02 Å². The van der Waals surface area contributed by atoms with E-state index in [-0.39, 0.29) is 34.4 Å². The molecule has 3 rings (SSSR count). The SMILES string of the molecule is O=C(COc1ccc([N+](=O)[O-])cc1Br)N/N=C\c1cc(Br)ccc1OC(=O)c1ccccc1Cl. The molecule has 34 heavy (non-hydrogen) atoms. The summed E-state index contributed by atoms with van der Waals surface area (Å²) in [5, 5.41) is 14.9. The third-order valence-electron chi connectivity index (χ3n) is 4.15. The lowest BCUT2D eigenvalue weighted by atomic mass is 10.2. The number of nitro benzene ring substituents is 1. The maximum absolute atomic E-state index is 12.5. The van der Waals surface area contributed by atoms with Crippen molar-refractivity contribution in [2.45, 2.75) is 0 Å². The first-order valence-corrected chi connectivity index (χ1v) is 11.4. The van der Waals surface area contributed by atoms with Crippen LogP contribution in [-0.4, -0.2) is 29.6 Å². The Hall–Kier alpha value is -3.28. The molecule has 0 spiro atoms. The fourth-order valence-corrected chi connectivity index (χ4v) is 3.64. The number of non-ortho nitro benzene ring substituents is 1. The van der Waals surface area contributed by atoms with Gasteiger partial charge in [-0.2, -0.15) is 5.10 Å². The molecule has 0 fully saturated rings. The number of rotatable bonds is 8. The first-order valence-electron chi connectivity index (χ1n) is 9.39. The quantitative estimate of drug-likeness (QED) is 0.118. The summed E-state index contributed by atoms with van der Waals surface area (Å²) in [4.78, 5) is 34.8. The van der Waals surface area contributed by atoms with Gasteiger partial charge in [0, 0.05) is 22.2 Å². The minimum atomic E-state index is -0.645. The van der Waals surface area contributed by atoms with Crippen molar-refractivity contribution in [3.63, 3.8) is 0 Å². The molecule has 1 N–H and O–H groups in total. The number of carbonyl (C=O) groups is 2. The van der Waals surface area contributed by atoms with Crippen LogP contribution in [0.25, 0.3) is 0 Å². The predicted octanol–water partition coefficient (Wildman–Crippen LogP) is 5.52. The Morgan fingerprint density at radius 3 is 2.53 bits per heavy atom. The lowest BCUT2D eigenvalue weighted by molar-refractivity contribution is -0.384. The Kier molecular flexibility index (Phi) is 8.74. The van der Waals surface area contributed by atoms with Crippen molar-refractivity contribution in [3.05, 3.63) is 95.9 Å². The van der Waals surface area contributed by atoms with Gasteiger partial charge < -0.3 is 9.47 Å². The number of nitrogens with one attached hydrogen (secondary N) is 1. The Morgan fingerprint density at radius 1 is 1.09 bits per heavy atom. The zero-order valence-corrected chi connectivity index (χ0v) is 21.0. The van der Waals surface area contributed by atoms with E-state index in [4.69, 9.17) is 21.1 Å². The van der Waals surface area contributed by atoms with Crippen LogP contribution in [-0.2, 0) is 4.79 Å². The van der Waals surface area contributed by atoms with Gasteiger partial charge in [-0.25, -0.2) is 10.2 Å². The molecule has 9 nitrogen and oxygen atoms in total. The second kappa shape index (κ2) is 11.7. The van der Waals surface area contributed by atoms with Crippen molar-refractivity contribution in [1.82, 2.24) is 5.43 Å². The highest BCUT2D eigenvalue weighted by molar-refractivity contribution is 9.10. The van der Waals surface area contributed by atoms with Crippen molar-refractivity contribution in [3.8, 4) is 11.5 Å². The number of benzene rings is 3. The second-order valence-electron chi connectivity index (χ2n) is 6.51. The van der Waals surface area contributed by atoms with Crippen molar-refractivity contribution in [1.29, 1.82) is 0 Å². The molecule has 1 amide bonds. The average molecular weight is 612 g/mol. The van der Waals surface area contributed by atoms with Gasteiger partial charge in [0.1, 0.15) is 11.5 Å². The van der Waals surface area contributed by atoms with E-state index in [9.17, 15) is 19.7 Å². The molecule has 0 aliphatic carbocycles. The maximum Gasteiger partial charge on any atom is 0.345 e. The van der Waals surface area contributed by atoms with Gasteiger partial charge >= 0.3 is 5.97 Å². The number of esters is 1. The molecule has 0 saturated carbocycles. The van der Waals surface area contributed by atoms with Gasteiger partial charge in [0.25, 0.3) is 11.6 Å². The van der Waals surface area contributed by atoms with Gasteiger partial charge in [-0.05, 0) is 52.3 Å². The van der Waals surface area contributed by atoms with Crippen LogP contribution in [0, 0.1) is 10.1 Å². The fourth-order valence-electron chi connectivity index (χ4n) is 2.56. The van der Waals surface area contributed by atoms with E-state index in [2.05, 4.69) is 42.4 Å². The lowest BCUT2D eigenvalue weighted by Gasteiger charge is -2.09. The van der Waals surface area contributed by atoms with Crippen LogP contribution in [0.1, 0.15) is 15.9 Å². The minimum Gasteiger partial charge on any atom is -0.483 e. The zero-order valence-electron chi connectivity index (χ0n) is 17.0. The number of hydrazone groups is 1. The topological polar surface area (TPSA) is 120 Å². The van der Waals surface area contributed by atoms with Crippen LogP contribution in [0.3, 0.4) is 0 Å². The number of amides is 1. The van der Waals surface area contributed by atoms with Gasteiger partial charge in [0.15, 0.2) is 6.61 Å². The van der Waals surface area contributed by atoms with Crippen molar-refractivity contribution < 1.29 is 24.0 Å². The number of hydrogen-bond acceptors (Lipinski definition) is 7. The van der Waals surface area contributed by atoms with Crippen molar-refractivity contribution >= 4 is 67.2 Å². The summed E-state index contributed by atoms with van der Waals surface area (Å²) in [6.45, 7) is -0.388.